The van der Waals surface area contributed by atoms with Crippen LogP contribution in [-0.2, 0) is 0 Å². The molecule has 0 fully saturated rings. The lowest BCUT2D eigenvalue weighted by Crippen LogP contribution is -1.96. The Labute approximate surface area is 108 Å². The second-order valence-electron chi connectivity index (χ2n) is 4.29. The Morgan fingerprint density at radius 2 is 1.89 bits per heavy atom. The first-order chi connectivity index (χ1) is 8.65. The van der Waals surface area contributed by atoms with Gasteiger partial charge in [-0.2, -0.15) is 0 Å². The van der Waals surface area contributed by atoms with Crippen LogP contribution in [0.2, 0.25) is 0 Å². The summed E-state index contributed by atoms with van der Waals surface area (Å²) in [4.78, 5) is 4.57. The van der Waals surface area contributed by atoms with Crippen molar-refractivity contribution in [3.8, 4) is 17.0 Å². The van der Waals surface area contributed by atoms with Crippen molar-refractivity contribution in [1.29, 1.82) is 0 Å². The molecule has 0 aliphatic carbocycles. The van der Waals surface area contributed by atoms with Crippen molar-refractivity contribution < 1.29 is 4.74 Å². The first kappa shape index (κ1) is 12.4. The maximum absolute atomic E-state index is 5.33. The first-order valence-electron chi connectivity index (χ1n) is 5.96. The summed E-state index contributed by atoms with van der Waals surface area (Å²) in [5, 5.41) is 3.06. The zero-order valence-electron chi connectivity index (χ0n) is 11.2. The molecule has 18 heavy (non-hydrogen) atoms. The van der Waals surface area contributed by atoms with Crippen molar-refractivity contribution in [2.24, 2.45) is 0 Å². The molecule has 0 radical (unpaired) electrons. The van der Waals surface area contributed by atoms with E-state index in [1.165, 1.54) is 5.56 Å². The number of benzene rings is 1. The predicted octanol–water partition coefficient (Wildman–Crippen LogP) is 3.42. The van der Waals surface area contributed by atoms with Crippen LogP contribution in [0, 0.1) is 13.8 Å². The van der Waals surface area contributed by atoms with Crippen LogP contribution >= 0.6 is 0 Å². The van der Waals surface area contributed by atoms with E-state index in [-0.39, 0.29) is 0 Å². The van der Waals surface area contributed by atoms with Gasteiger partial charge in [-0.15, -0.1) is 0 Å². The number of ether oxygens (including phenoxy) is 1. The van der Waals surface area contributed by atoms with Gasteiger partial charge in [0.05, 0.1) is 12.8 Å². The second-order valence-corrected chi connectivity index (χ2v) is 4.29. The average Bonchev–Trinajstić information content (AvgIpc) is 2.41. The van der Waals surface area contributed by atoms with Crippen molar-refractivity contribution >= 4 is 5.82 Å². The van der Waals surface area contributed by atoms with Crippen LogP contribution in [0.15, 0.2) is 30.3 Å². The summed E-state index contributed by atoms with van der Waals surface area (Å²) in [6, 6.07) is 10.2. The monoisotopic (exact) mass is 242 g/mol. The maximum atomic E-state index is 5.33. The molecule has 0 unspecified atom stereocenters. The molecule has 2 rings (SSSR count). The summed E-state index contributed by atoms with van der Waals surface area (Å²) in [5.41, 5.74) is 4.41. The van der Waals surface area contributed by atoms with Gasteiger partial charge in [-0.05, 0) is 49.2 Å². The van der Waals surface area contributed by atoms with Gasteiger partial charge in [0, 0.05) is 12.6 Å². The van der Waals surface area contributed by atoms with E-state index in [0.29, 0.717) is 0 Å². The molecule has 94 valence electrons. The van der Waals surface area contributed by atoms with E-state index in [1.807, 2.05) is 32.2 Å². The van der Waals surface area contributed by atoms with Crippen LogP contribution in [0.3, 0.4) is 0 Å². The lowest BCUT2D eigenvalue weighted by molar-refractivity contribution is 0.411. The Bertz CT molecular complexity index is 564. The third kappa shape index (κ3) is 2.30. The SMILES string of the molecule is CNc1cccc(-c2cc(C)c(OC)cc2C)n1. The zero-order chi connectivity index (χ0) is 13.1. The molecule has 0 aliphatic rings. The average molecular weight is 242 g/mol. The Balaban J connectivity index is 2.53. The molecule has 0 bridgehead atoms. The molecule has 1 N–H and O–H groups in total. The van der Waals surface area contributed by atoms with E-state index in [4.69, 9.17) is 4.74 Å². The molecule has 0 atom stereocenters. The number of pyridine rings is 1. The van der Waals surface area contributed by atoms with Crippen LogP contribution in [0.1, 0.15) is 11.1 Å². The number of nitrogens with zero attached hydrogens (tertiary/aromatic N) is 1. The number of methoxy groups -OCH3 is 1. The molecule has 0 saturated carbocycles. The summed E-state index contributed by atoms with van der Waals surface area (Å²) in [7, 11) is 3.57. The molecule has 3 heteroatoms. The van der Waals surface area contributed by atoms with Gasteiger partial charge in [-0.1, -0.05) is 6.07 Å². The molecule has 0 spiro atoms. The van der Waals surface area contributed by atoms with E-state index < -0.39 is 0 Å². The van der Waals surface area contributed by atoms with Crippen molar-refractivity contribution in [2.45, 2.75) is 13.8 Å². The fraction of sp³-hybridized carbons (Fsp3) is 0.267. The topological polar surface area (TPSA) is 34.1 Å². The molecule has 1 aromatic heterocycles. The zero-order valence-corrected chi connectivity index (χ0v) is 11.2. The van der Waals surface area contributed by atoms with Gasteiger partial charge < -0.3 is 10.1 Å². The highest BCUT2D eigenvalue weighted by atomic mass is 16.5. The van der Waals surface area contributed by atoms with Gasteiger partial charge >= 0.3 is 0 Å². The third-order valence-corrected chi connectivity index (χ3v) is 3.02. The lowest BCUT2D eigenvalue weighted by Gasteiger charge is -2.11. The Morgan fingerprint density at radius 1 is 1.11 bits per heavy atom. The minimum atomic E-state index is 0.875. The van der Waals surface area contributed by atoms with Crippen molar-refractivity contribution in [1.82, 2.24) is 4.98 Å². The normalized spacial score (nSPS) is 10.2. The largest absolute Gasteiger partial charge is 0.496 e. The van der Waals surface area contributed by atoms with Crippen LogP contribution in [0.5, 0.6) is 5.75 Å². The smallest absolute Gasteiger partial charge is 0.126 e. The highest BCUT2D eigenvalue weighted by molar-refractivity contribution is 5.67. The highest BCUT2D eigenvalue weighted by Gasteiger charge is 2.08. The molecular weight excluding hydrogens is 224 g/mol. The van der Waals surface area contributed by atoms with E-state index in [1.54, 1.807) is 7.11 Å². The van der Waals surface area contributed by atoms with Gasteiger partial charge in [-0.3, -0.25) is 0 Å². The van der Waals surface area contributed by atoms with Gasteiger partial charge in [0.25, 0.3) is 0 Å². The van der Waals surface area contributed by atoms with Crippen molar-refractivity contribution in [2.75, 3.05) is 19.5 Å². The number of rotatable bonds is 3. The quantitative estimate of drug-likeness (QED) is 0.895. The fourth-order valence-corrected chi connectivity index (χ4v) is 2.01. The summed E-state index contributed by atoms with van der Waals surface area (Å²) < 4.78 is 5.33. The number of nitrogens with one attached hydrogen (secondary N) is 1. The molecule has 1 aromatic carbocycles. The second kappa shape index (κ2) is 5.08. The lowest BCUT2D eigenvalue weighted by atomic mass is 10.0. The van der Waals surface area contributed by atoms with Crippen molar-refractivity contribution in [3.63, 3.8) is 0 Å². The standard InChI is InChI=1S/C15H18N2O/c1-10-9-14(18-4)11(2)8-12(10)13-6-5-7-15(16-3)17-13/h5-9H,1-4H3,(H,16,17). The number of hydrogen-bond acceptors (Lipinski definition) is 3. The van der Waals surface area contributed by atoms with Crippen LogP contribution in [0.4, 0.5) is 5.82 Å². The number of aryl methyl sites for hydroxylation is 2. The van der Waals surface area contributed by atoms with E-state index in [2.05, 4.69) is 29.4 Å². The molecule has 0 amide bonds. The van der Waals surface area contributed by atoms with Gasteiger partial charge in [0.15, 0.2) is 0 Å². The molecule has 2 aromatic rings. The number of aromatic nitrogens is 1. The summed E-state index contributed by atoms with van der Waals surface area (Å²) in [5.74, 6) is 1.79. The predicted molar refractivity (Wildman–Crippen MR) is 75.2 cm³/mol. The molecule has 0 aliphatic heterocycles. The number of hydrogen-bond donors (Lipinski definition) is 1. The minimum absolute atomic E-state index is 0.875. The summed E-state index contributed by atoms with van der Waals surface area (Å²) in [6.45, 7) is 4.12. The highest BCUT2D eigenvalue weighted by Crippen LogP contribution is 2.29. The van der Waals surface area contributed by atoms with Gasteiger partial charge in [-0.25, -0.2) is 4.98 Å². The maximum Gasteiger partial charge on any atom is 0.126 e. The third-order valence-electron chi connectivity index (χ3n) is 3.02. The molecular formula is C15H18N2O. The van der Waals surface area contributed by atoms with Gasteiger partial charge in [0.2, 0.25) is 0 Å². The summed E-state index contributed by atoms with van der Waals surface area (Å²) in [6.07, 6.45) is 0. The number of anilines is 1. The fourth-order valence-electron chi connectivity index (χ4n) is 2.01. The van der Waals surface area contributed by atoms with Crippen LogP contribution < -0.4 is 10.1 Å². The van der Waals surface area contributed by atoms with Crippen molar-refractivity contribution in [3.05, 3.63) is 41.5 Å². The first-order valence-corrected chi connectivity index (χ1v) is 5.96. The Morgan fingerprint density at radius 3 is 2.56 bits per heavy atom. The van der Waals surface area contributed by atoms with E-state index in [9.17, 15) is 0 Å². The van der Waals surface area contributed by atoms with Crippen LogP contribution in [0.25, 0.3) is 11.3 Å². The minimum Gasteiger partial charge on any atom is -0.496 e. The molecule has 0 saturated heterocycles. The van der Waals surface area contributed by atoms with E-state index in [0.717, 1.165) is 28.4 Å². The Hall–Kier alpha value is -2.03. The molecule has 3 nitrogen and oxygen atoms in total. The molecule has 1 heterocycles. The Kier molecular flexibility index (Phi) is 3.51. The van der Waals surface area contributed by atoms with Crippen LogP contribution in [-0.4, -0.2) is 19.1 Å². The van der Waals surface area contributed by atoms with E-state index >= 15 is 0 Å². The summed E-state index contributed by atoms with van der Waals surface area (Å²) >= 11 is 0. The van der Waals surface area contributed by atoms with Gasteiger partial charge in [0.1, 0.15) is 11.6 Å².